The Bertz CT molecular complexity index is 75.7. The van der Waals surface area contributed by atoms with Crippen molar-refractivity contribution in [3.8, 4) is 0 Å². The lowest BCUT2D eigenvalue weighted by Gasteiger charge is -2.26. The summed E-state index contributed by atoms with van der Waals surface area (Å²) in [5, 5.41) is 9.22. The molecule has 0 unspecified atom stereocenters. The highest BCUT2D eigenvalue weighted by Crippen LogP contribution is 2.03. The minimum atomic E-state index is -0.293. The number of aliphatic hydroxyl groups excluding tert-OH is 1. The third-order valence-corrected chi connectivity index (χ3v) is 1.68. The van der Waals surface area contributed by atoms with E-state index in [1.54, 1.807) is 6.92 Å². The first-order valence-corrected chi connectivity index (χ1v) is 3.64. The average molecular weight is 146 g/mol. The van der Waals surface area contributed by atoms with Crippen molar-refractivity contribution in [1.29, 1.82) is 0 Å². The Morgan fingerprint density at radius 2 is 2.00 bits per heavy atom. The maximum absolute atomic E-state index is 9.22. The van der Waals surface area contributed by atoms with E-state index in [9.17, 15) is 5.11 Å². The summed E-state index contributed by atoms with van der Waals surface area (Å²) in [6.07, 6.45) is 0.559. The van der Waals surface area contributed by atoms with Crippen molar-refractivity contribution >= 4 is 0 Å². The summed E-state index contributed by atoms with van der Waals surface area (Å²) in [7, 11) is 3.90. The Hall–Kier alpha value is -0.120. The second-order valence-electron chi connectivity index (χ2n) is 2.85. The summed E-state index contributed by atoms with van der Waals surface area (Å²) in [5.41, 5.74) is 5.37. The average Bonchev–Trinajstić information content (AvgIpc) is 1.81. The fourth-order valence-corrected chi connectivity index (χ4v) is 1.10. The van der Waals surface area contributed by atoms with Gasteiger partial charge in [-0.05, 0) is 34.0 Å². The van der Waals surface area contributed by atoms with E-state index in [0.29, 0.717) is 6.54 Å². The van der Waals surface area contributed by atoms with E-state index >= 15 is 0 Å². The van der Waals surface area contributed by atoms with Gasteiger partial charge in [0, 0.05) is 6.04 Å². The molecule has 0 aliphatic heterocycles. The topological polar surface area (TPSA) is 49.5 Å². The molecule has 3 heteroatoms. The molecule has 0 saturated heterocycles. The van der Waals surface area contributed by atoms with Gasteiger partial charge in [0.1, 0.15) is 0 Å². The molecule has 0 fully saturated rings. The van der Waals surface area contributed by atoms with Gasteiger partial charge in [0.05, 0.1) is 6.10 Å². The predicted octanol–water partition coefficient (Wildman–Crippen LogP) is -0.354. The molecule has 62 valence electrons. The van der Waals surface area contributed by atoms with Crippen LogP contribution in [0.4, 0.5) is 0 Å². The molecule has 2 atom stereocenters. The molecule has 0 aliphatic rings. The van der Waals surface area contributed by atoms with Crippen LogP contribution in [0.3, 0.4) is 0 Å². The SMILES string of the molecule is C[C@@H](O)[C@H](CCN)N(C)C. The van der Waals surface area contributed by atoms with Crippen LogP contribution in [0.2, 0.25) is 0 Å². The van der Waals surface area contributed by atoms with Crippen LogP contribution in [0.5, 0.6) is 0 Å². The Morgan fingerprint density at radius 1 is 1.50 bits per heavy atom. The zero-order valence-electron chi connectivity index (χ0n) is 7.04. The summed E-state index contributed by atoms with van der Waals surface area (Å²) >= 11 is 0. The van der Waals surface area contributed by atoms with Gasteiger partial charge in [-0.2, -0.15) is 0 Å². The van der Waals surface area contributed by atoms with Gasteiger partial charge in [0.25, 0.3) is 0 Å². The Labute approximate surface area is 62.8 Å². The van der Waals surface area contributed by atoms with Crippen LogP contribution in [0.25, 0.3) is 0 Å². The molecular formula is C7H18N2O. The number of likely N-dealkylation sites (N-methyl/N-ethyl adjacent to an activating group) is 1. The van der Waals surface area contributed by atoms with Gasteiger partial charge in [-0.25, -0.2) is 0 Å². The Morgan fingerprint density at radius 3 is 2.10 bits per heavy atom. The number of hydrogen-bond acceptors (Lipinski definition) is 3. The molecule has 0 aromatic heterocycles. The Balaban J connectivity index is 3.73. The summed E-state index contributed by atoms with van der Waals surface area (Å²) in [6.45, 7) is 2.42. The number of nitrogens with two attached hydrogens (primary N) is 1. The van der Waals surface area contributed by atoms with Gasteiger partial charge in [0.15, 0.2) is 0 Å². The highest BCUT2D eigenvalue weighted by Gasteiger charge is 2.15. The van der Waals surface area contributed by atoms with Crippen molar-refractivity contribution in [3.63, 3.8) is 0 Å². The van der Waals surface area contributed by atoms with Crippen LogP contribution in [-0.4, -0.2) is 42.8 Å². The van der Waals surface area contributed by atoms with E-state index in [1.807, 2.05) is 19.0 Å². The van der Waals surface area contributed by atoms with Crippen molar-refractivity contribution in [1.82, 2.24) is 4.90 Å². The first kappa shape index (κ1) is 9.88. The molecule has 3 N–H and O–H groups in total. The molecule has 0 rings (SSSR count). The van der Waals surface area contributed by atoms with Crippen molar-refractivity contribution in [2.75, 3.05) is 20.6 Å². The van der Waals surface area contributed by atoms with E-state index in [0.717, 1.165) is 6.42 Å². The molecule has 0 amide bonds. The highest BCUT2D eigenvalue weighted by atomic mass is 16.3. The van der Waals surface area contributed by atoms with Crippen LogP contribution in [0, 0.1) is 0 Å². The highest BCUT2D eigenvalue weighted by molar-refractivity contribution is 4.71. The molecule has 0 radical (unpaired) electrons. The van der Waals surface area contributed by atoms with Crippen LogP contribution in [-0.2, 0) is 0 Å². The maximum Gasteiger partial charge on any atom is 0.0667 e. The Kier molecular flexibility index (Phi) is 4.60. The standard InChI is InChI=1S/C7H18N2O/c1-6(10)7(4-5-8)9(2)3/h6-7,10H,4-5,8H2,1-3H3/t6-,7+/m1/s1. The molecule has 0 aromatic rings. The van der Waals surface area contributed by atoms with Crippen LogP contribution >= 0.6 is 0 Å². The van der Waals surface area contributed by atoms with E-state index in [-0.39, 0.29) is 12.1 Å². The van der Waals surface area contributed by atoms with Crippen LogP contribution < -0.4 is 5.73 Å². The van der Waals surface area contributed by atoms with Crippen molar-refractivity contribution < 1.29 is 5.11 Å². The first-order chi connectivity index (χ1) is 4.59. The lowest BCUT2D eigenvalue weighted by atomic mass is 10.1. The second kappa shape index (κ2) is 4.66. The molecule has 0 saturated carbocycles. The fraction of sp³-hybridized carbons (Fsp3) is 1.00. The monoisotopic (exact) mass is 146 g/mol. The fourth-order valence-electron chi connectivity index (χ4n) is 1.10. The quantitative estimate of drug-likeness (QED) is 0.570. The summed E-state index contributed by atoms with van der Waals surface area (Å²) in [6, 6.07) is 0.199. The largest absolute Gasteiger partial charge is 0.392 e. The normalized spacial score (nSPS) is 17.4. The van der Waals surface area contributed by atoms with Crippen LogP contribution in [0.1, 0.15) is 13.3 Å². The van der Waals surface area contributed by atoms with E-state index in [2.05, 4.69) is 0 Å². The van der Waals surface area contributed by atoms with Gasteiger partial charge in [0.2, 0.25) is 0 Å². The zero-order valence-corrected chi connectivity index (χ0v) is 7.04. The zero-order chi connectivity index (χ0) is 8.15. The summed E-state index contributed by atoms with van der Waals surface area (Å²) in [5.74, 6) is 0. The van der Waals surface area contributed by atoms with E-state index < -0.39 is 0 Å². The first-order valence-electron chi connectivity index (χ1n) is 3.64. The van der Waals surface area contributed by atoms with Crippen molar-refractivity contribution in [3.05, 3.63) is 0 Å². The van der Waals surface area contributed by atoms with Crippen molar-refractivity contribution in [2.24, 2.45) is 5.73 Å². The molecule has 0 aromatic carbocycles. The van der Waals surface area contributed by atoms with Gasteiger partial charge in [-0.1, -0.05) is 0 Å². The number of aliphatic hydroxyl groups is 1. The lowest BCUT2D eigenvalue weighted by Crippen LogP contribution is -2.38. The van der Waals surface area contributed by atoms with E-state index in [1.165, 1.54) is 0 Å². The number of rotatable bonds is 4. The molecule has 0 heterocycles. The third-order valence-electron chi connectivity index (χ3n) is 1.68. The van der Waals surface area contributed by atoms with Gasteiger partial charge in [-0.15, -0.1) is 0 Å². The van der Waals surface area contributed by atoms with Crippen LogP contribution in [0.15, 0.2) is 0 Å². The molecule has 10 heavy (non-hydrogen) atoms. The molecule has 0 bridgehead atoms. The smallest absolute Gasteiger partial charge is 0.0667 e. The lowest BCUT2D eigenvalue weighted by molar-refractivity contribution is 0.0866. The molecule has 3 nitrogen and oxygen atoms in total. The van der Waals surface area contributed by atoms with Gasteiger partial charge < -0.3 is 15.7 Å². The third kappa shape index (κ3) is 3.15. The molecule has 0 spiro atoms. The van der Waals surface area contributed by atoms with Gasteiger partial charge >= 0.3 is 0 Å². The summed E-state index contributed by atoms with van der Waals surface area (Å²) < 4.78 is 0. The van der Waals surface area contributed by atoms with E-state index in [4.69, 9.17) is 5.73 Å². The van der Waals surface area contributed by atoms with Gasteiger partial charge in [-0.3, -0.25) is 0 Å². The molecular weight excluding hydrogens is 128 g/mol. The number of nitrogens with zero attached hydrogens (tertiary/aromatic N) is 1. The maximum atomic E-state index is 9.22. The van der Waals surface area contributed by atoms with Crippen molar-refractivity contribution in [2.45, 2.75) is 25.5 Å². The number of hydrogen-bond donors (Lipinski definition) is 2. The molecule has 0 aliphatic carbocycles. The predicted molar refractivity (Wildman–Crippen MR) is 42.8 cm³/mol. The summed E-state index contributed by atoms with van der Waals surface area (Å²) in [4.78, 5) is 2.00. The minimum absolute atomic E-state index is 0.199. The second-order valence-corrected chi connectivity index (χ2v) is 2.85. The minimum Gasteiger partial charge on any atom is -0.392 e.